The van der Waals surface area contributed by atoms with Crippen LogP contribution in [0, 0.1) is 5.53 Å². The summed E-state index contributed by atoms with van der Waals surface area (Å²) >= 11 is 1.05. The number of hydrogen-bond acceptors (Lipinski definition) is 9. The zero-order chi connectivity index (χ0) is 24.1. The van der Waals surface area contributed by atoms with Gasteiger partial charge in [-0.25, -0.2) is 0 Å². The fourth-order valence-corrected chi connectivity index (χ4v) is 3.21. The van der Waals surface area contributed by atoms with Gasteiger partial charge in [-0.05, 0) is 30.7 Å². The second-order valence-electron chi connectivity index (χ2n) is 6.40. The third-order valence-electron chi connectivity index (χ3n) is 3.94. The molecule has 0 bridgehead atoms. The number of aliphatic carboxylic acids is 2. The lowest BCUT2D eigenvalue weighted by Gasteiger charge is -2.18. The van der Waals surface area contributed by atoms with E-state index in [1.54, 1.807) is 0 Å². The Kier molecular flexibility index (Phi) is 11.3. The Morgan fingerprint density at radius 3 is 2.38 bits per heavy atom. The maximum absolute atomic E-state index is 12.3. The lowest BCUT2D eigenvalue weighted by Crippen LogP contribution is -2.49. The van der Waals surface area contributed by atoms with Gasteiger partial charge in [0.25, 0.3) is 0 Å². The summed E-state index contributed by atoms with van der Waals surface area (Å²) in [6.45, 7) is -0.652. The first kappa shape index (κ1) is 26.4. The van der Waals surface area contributed by atoms with Crippen LogP contribution in [0.5, 0.6) is 0 Å². The minimum absolute atomic E-state index is 0.0260. The van der Waals surface area contributed by atoms with Crippen molar-refractivity contribution in [2.45, 2.75) is 24.9 Å². The highest BCUT2D eigenvalue weighted by Crippen LogP contribution is 2.14. The predicted octanol–water partition coefficient (Wildman–Crippen LogP) is -0.338. The number of nitrogens with two attached hydrogens (primary N) is 1. The van der Waals surface area contributed by atoms with Crippen LogP contribution in [0.25, 0.3) is 0 Å². The number of ketones is 1. The van der Waals surface area contributed by atoms with Crippen molar-refractivity contribution in [2.24, 2.45) is 10.8 Å². The van der Waals surface area contributed by atoms with Crippen molar-refractivity contribution in [1.82, 2.24) is 15.5 Å². The van der Waals surface area contributed by atoms with Gasteiger partial charge in [0.2, 0.25) is 16.7 Å². The van der Waals surface area contributed by atoms with Crippen molar-refractivity contribution in [1.29, 1.82) is 5.53 Å². The molecule has 0 fully saturated rings. The van der Waals surface area contributed by atoms with E-state index in [1.165, 1.54) is 24.3 Å². The number of carbonyl (C=O) groups excluding carboxylic acids is 3. The molecule has 2 atom stereocenters. The molecule has 14 heteroatoms. The predicted molar refractivity (Wildman–Crippen MR) is 112 cm³/mol. The van der Waals surface area contributed by atoms with Crippen molar-refractivity contribution in [3.8, 4) is 0 Å². The molecule has 1 aromatic carbocycles. The second-order valence-corrected chi connectivity index (χ2v) is 7.43. The van der Waals surface area contributed by atoms with Crippen molar-refractivity contribution >= 4 is 47.0 Å². The molecule has 0 saturated heterocycles. The molecular weight excluding hydrogens is 444 g/mol. The van der Waals surface area contributed by atoms with Gasteiger partial charge in [0.1, 0.15) is 24.2 Å². The molecule has 2 amide bonds. The Labute approximate surface area is 186 Å². The number of carboxylic acid groups (broad SMARTS) is 2. The molecule has 13 nitrogen and oxygen atoms in total. The van der Waals surface area contributed by atoms with Crippen LogP contribution in [0.15, 0.2) is 29.4 Å². The summed E-state index contributed by atoms with van der Waals surface area (Å²) in [5.41, 5.74) is 12.8. The summed E-state index contributed by atoms with van der Waals surface area (Å²) in [5.74, 6) is -4.24. The highest BCUT2D eigenvalue weighted by molar-refractivity contribution is 8.00. The SMILES string of the molecule is N=[N+]=Nc1ccc(C(=O)CSCC(NC(=O)CCC(N)C(=O)O)C(=O)NCC(=O)O)cc1. The van der Waals surface area contributed by atoms with E-state index in [9.17, 15) is 24.0 Å². The number of thioether (sulfide) groups is 1. The van der Waals surface area contributed by atoms with Gasteiger partial charge < -0.3 is 26.6 Å². The molecule has 1 aromatic rings. The smallest absolute Gasteiger partial charge is 0.322 e. The lowest BCUT2D eigenvalue weighted by molar-refractivity contribution is -0.139. The van der Waals surface area contributed by atoms with E-state index >= 15 is 0 Å². The fraction of sp³-hybridized carbons (Fsp3) is 0.389. The van der Waals surface area contributed by atoms with Crippen LogP contribution in [-0.2, 0) is 19.2 Å². The molecule has 0 heterocycles. The number of hydrogen-bond donors (Lipinski definition) is 6. The molecule has 2 unspecified atom stereocenters. The van der Waals surface area contributed by atoms with Crippen LogP contribution >= 0.6 is 11.8 Å². The Morgan fingerprint density at radius 1 is 1.16 bits per heavy atom. The van der Waals surface area contributed by atoms with Crippen molar-refractivity contribution in [3.05, 3.63) is 29.8 Å². The molecule has 32 heavy (non-hydrogen) atoms. The van der Waals surface area contributed by atoms with E-state index in [0.29, 0.717) is 11.3 Å². The summed E-state index contributed by atoms with van der Waals surface area (Å²) in [5, 5.41) is 25.5. The molecule has 0 aliphatic heterocycles. The molecular formula is C18H23N6O7S+. The number of amides is 2. The van der Waals surface area contributed by atoms with Crippen LogP contribution in [0.3, 0.4) is 0 Å². The first-order valence-corrected chi connectivity index (χ1v) is 10.3. The van der Waals surface area contributed by atoms with Crippen LogP contribution in [0.4, 0.5) is 5.69 Å². The summed E-state index contributed by atoms with van der Waals surface area (Å²) in [4.78, 5) is 60.9. The number of rotatable bonds is 14. The van der Waals surface area contributed by atoms with E-state index in [-0.39, 0.29) is 30.1 Å². The Bertz CT molecular complexity index is 902. The van der Waals surface area contributed by atoms with Crippen LogP contribution < -0.4 is 21.3 Å². The third kappa shape index (κ3) is 9.93. The first-order chi connectivity index (χ1) is 15.1. The van der Waals surface area contributed by atoms with Gasteiger partial charge in [-0.3, -0.25) is 24.0 Å². The fourth-order valence-electron chi connectivity index (χ4n) is 2.27. The van der Waals surface area contributed by atoms with Gasteiger partial charge >= 0.3 is 11.9 Å². The number of nitrogens with zero attached hydrogens (tertiary/aromatic N) is 2. The Hall–Kier alpha value is -3.61. The number of carbonyl (C=O) groups is 5. The largest absolute Gasteiger partial charge is 0.480 e. The molecule has 7 N–H and O–H groups in total. The van der Waals surface area contributed by atoms with E-state index in [0.717, 1.165) is 11.8 Å². The van der Waals surface area contributed by atoms with E-state index in [2.05, 4.69) is 20.7 Å². The van der Waals surface area contributed by atoms with Crippen LogP contribution in [-0.4, -0.2) is 69.9 Å². The van der Waals surface area contributed by atoms with Crippen molar-refractivity contribution in [2.75, 3.05) is 18.1 Å². The van der Waals surface area contributed by atoms with E-state index in [1.807, 2.05) is 0 Å². The average Bonchev–Trinajstić information content (AvgIpc) is 2.75. The van der Waals surface area contributed by atoms with Gasteiger partial charge in [0, 0.05) is 17.7 Å². The van der Waals surface area contributed by atoms with Gasteiger partial charge in [-0.2, -0.15) is 11.8 Å². The number of Topliss-reactive ketones (excluding diaryl/α,β-unsaturated/α-hetero) is 1. The van der Waals surface area contributed by atoms with Crippen LogP contribution in [0.2, 0.25) is 0 Å². The molecule has 0 saturated carbocycles. The van der Waals surface area contributed by atoms with Gasteiger partial charge in [0.15, 0.2) is 16.6 Å². The minimum atomic E-state index is -1.27. The first-order valence-electron chi connectivity index (χ1n) is 9.19. The number of benzene rings is 1. The van der Waals surface area contributed by atoms with Gasteiger partial charge in [-0.1, -0.05) is 0 Å². The summed E-state index contributed by atoms with van der Waals surface area (Å²) in [6, 6.07) is 3.68. The van der Waals surface area contributed by atoms with E-state index in [4.69, 9.17) is 21.5 Å². The Balaban J connectivity index is 2.67. The van der Waals surface area contributed by atoms with Crippen molar-refractivity contribution < 1.29 is 34.2 Å². The molecule has 0 aromatic heterocycles. The molecule has 0 spiro atoms. The molecule has 0 radical (unpaired) electrons. The van der Waals surface area contributed by atoms with Crippen molar-refractivity contribution in [3.63, 3.8) is 0 Å². The molecule has 0 aliphatic carbocycles. The quantitative estimate of drug-likeness (QED) is 0.119. The Morgan fingerprint density at radius 2 is 1.81 bits per heavy atom. The lowest BCUT2D eigenvalue weighted by atomic mass is 10.1. The number of nitrogens with one attached hydrogen (secondary N) is 3. The van der Waals surface area contributed by atoms with Gasteiger partial charge in [0.05, 0.1) is 5.75 Å². The monoisotopic (exact) mass is 467 g/mol. The van der Waals surface area contributed by atoms with Gasteiger partial charge in [-0.15, -0.1) is 0 Å². The standard InChI is InChI=1S/C18H22N6O7S/c19-12(18(30)31)5-6-15(26)22-13(17(29)21-7-16(27)28)8-32-9-14(25)10-1-3-11(4-2-10)23-24-20/h1-4,12-13,20H,5-9,19H2,(H3-,21,22,26,27,28,29,30,31)/p+1. The molecule has 0 aliphatic rings. The average molecular weight is 467 g/mol. The van der Waals surface area contributed by atoms with Crippen LogP contribution in [0.1, 0.15) is 23.2 Å². The third-order valence-corrected chi connectivity index (χ3v) is 4.97. The summed E-state index contributed by atoms with van der Waals surface area (Å²) in [6.07, 6.45) is -0.395. The summed E-state index contributed by atoms with van der Waals surface area (Å²) < 4.78 is 0. The maximum atomic E-state index is 12.3. The summed E-state index contributed by atoms with van der Waals surface area (Å²) in [7, 11) is 0. The van der Waals surface area contributed by atoms with E-state index < -0.39 is 42.4 Å². The topological polar surface area (TPSA) is 226 Å². The highest BCUT2D eigenvalue weighted by Gasteiger charge is 2.23. The minimum Gasteiger partial charge on any atom is -0.480 e. The zero-order valence-electron chi connectivity index (χ0n) is 16.8. The normalized spacial score (nSPS) is 12.0. The number of carboxylic acids is 2. The maximum Gasteiger partial charge on any atom is 0.322 e. The zero-order valence-corrected chi connectivity index (χ0v) is 17.6. The molecule has 1 rings (SSSR count). The molecule has 172 valence electrons. The second kappa shape index (κ2) is 13.6. The highest BCUT2D eigenvalue weighted by atomic mass is 32.2.